The lowest BCUT2D eigenvalue weighted by Gasteiger charge is -2.19. The average Bonchev–Trinajstić information content (AvgIpc) is 2.75. The lowest BCUT2D eigenvalue weighted by molar-refractivity contribution is -0.130. The molecule has 7 nitrogen and oxygen atoms in total. The normalized spacial score (nSPS) is 10.4. The van der Waals surface area contributed by atoms with Crippen LogP contribution in [0.1, 0.15) is 22.8 Å². The smallest absolute Gasteiger partial charge is 0.251 e. The number of ether oxygens (including phenoxy) is 1. The van der Waals surface area contributed by atoms with Gasteiger partial charge in [0.05, 0.1) is 12.8 Å². The van der Waals surface area contributed by atoms with Crippen molar-refractivity contribution < 1.29 is 19.1 Å². The molecule has 2 aromatic rings. The van der Waals surface area contributed by atoms with Gasteiger partial charge in [0.2, 0.25) is 11.8 Å². The standard InChI is InChI=1S/C22H25N3O4/c1-4-25(15-20(26)24-18-7-5-6-8-19(18)29-3)21(27)14-11-16-9-12-17(13-10-16)22(28)23-2/h5-14H,4,15H2,1-3H3,(H,23,28)(H,24,26)/b14-11+. The van der Waals surface area contributed by atoms with E-state index in [0.717, 1.165) is 5.56 Å². The summed E-state index contributed by atoms with van der Waals surface area (Å²) in [5, 5.41) is 5.31. The number of methoxy groups -OCH3 is 1. The summed E-state index contributed by atoms with van der Waals surface area (Å²) in [6, 6.07) is 13.9. The van der Waals surface area contributed by atoms with Crippen LogP contribution in [0.2, 0.25) is 0 Å². The van der Waals surface area contributed by atoms with Gasteiger partial charge in [-0.15, -0.1) is 0 Å². The first-order chi connectivity index (χ1) is 14.0. The van der Waals surface area contributed by atoms with Crippen molar-refractivity contribution in [3.63, 3.8) is 0 Å². The molecule has 7 heteroatoms. The number of rotatable bonds is 8. The van der Waals surface area contributed by atoms with Crippen molar-refractivity contribution in [2.45, 2.75) is 6.92 Å². The Bertz CT molecular complexity index is 891. The third-order valence-electron chi connectivity index (χ3n) is 4.23. The molecule has 0 fully saturated rings. The summed E-state index contributed by atoms with van der Waals surface area (Å²) in [5.74, 6) is -0.212. The van der Waals surface area contributed by atoms with Crippen LogP contribution < -0.4 is 15.4 Å². The van der Waals surface area contributed by atoms with Crippen molar-refractivity contribution in [1.82, 2.24) is 10.2 Å². The van der Waals surface area contributed by atoms with Gasteiger partial charge in [-0.3, -0.25) is 14.4 Å². The van der Waals surface area contributed by atoms with E-state index in [1.54, 1.807) is 62.5 Å². The van der Waals surface area contributed by atoms with E-state index >= 15 is 0 Å². The maximum absolute atomic E-state index is 12.5. The molecule has 0 saturated heterocycles. The molecule has 0 aliphatic rings. The highest BCUT2D eigenvalue weighted by atomic mass is 16.5. The van der Waals surface area contributed by atoms with Crippen LogP contribution in [0.5, 0.6) is 5.75 Å². The quantitative estimate of drug-likeness (QED) is 0.673. The highest BCUT2D eigenvalue weighted by Crippen LogP contribution is 2.22. The third-order valence-corrected chi connectivity index (χ3v) is 4.23. The van der Waals surface area contributed by atoms with E-state index in [0.29, 0.717) is 23.5 Å². The Morgan fingerprint density at radius 1 is 1.07 bits per heavy atom. The van der Waals surface area contributed by atoms with Gasteiger partial charge >= 0.3 is 0 Å². The number of nitrogens with one attached hydrogen (secondary N) is 2. The minimum absolute atomic E-state index is 0.0761. The molecule has 3 amide bonds. The van der Waals surface area contributed by atoms with Crippen LogP contribution in [-0.4, -0.2) is 49.9 Å². The van der Waals surface area contributed by atoms with E-state index in [1.165, 1.54) is 18.1 Å². The maximum atomic E-state index is 12.5. The molecule has 152 valence electrons. The first-order valence-electron chi connectivity index (χ1n) is 9.20. The maximum Gasteiger partial charge on any atom is 0.251 e. The lowest BCUT2D eigenvalue weighted by Crippen LogP contribution is -2.36. The van der Waals surface area contributed by atoms with Gasteiger partial charge in [0.15, 0.2) is 0 Å². The molecule has 0 spiro atoms. The predicted octanol–water partition coefficient (Wildman–Crippen LogP) is 2.56. The number of amides is 3. The Labute approximate surface area is 170 Å². The zero-order valence-corrected chi connectivity index (χ0v) is 16.8. The Morgan fingerprint density at radius 3 is 2.38 bits per heavy atom. The lowest BCUT2D eigenvalue weighted by atomic mass is 10.1. The van der Waals surface area contributed by atoms with Crippen LogP contribution >= 0.6 is 0 Å². The zero-order chi connectivity index (χ0) is 21.2. The van der Waals surface area contributed by atoms with E-state index in [2.05, 4.69) is 10.6 Å². The number of anilines is 1. The second kappa shape index (κ2) is 10.7. The van der Waals surface area contributed by atoms with Gasteiger partial charge in [-0.1, -0.05) is 24.3 Å². The molecule has 0 unspecified atom stereocenters. The Morgan fingerprint density at radius 2 is 1.76 bits per heavy atom. The van der Waals surface area contributed by atoms with Gasteiger partial charge < -0.3 is 20.3 Å². The number of nitrogens with zero attached hydrogens (tertiary/aromatic N) is 1. The molecule has 29 heavy (non-hydrogen) atoms. The number of hydrogen-bond donors (Lipinski definition) is 2. The van der Waals surface area contributed by atoms with Crippen LogP contribution in [-0.2, 0) is 9.59 Å². The average molecular weight is 395 g/mol. The predicted molar refractivity (Wildman–Crippen MR) is 113 cm³/mol. The molecule has 0 heterocycles. The number of para-hydroxylation sites is 2. The summed E-state index contributed by atoms with van der Waals surface area (Å²) in [7, 11) is 3.09. The van der Waals surface area contributed by atoms with E-state index in [-0.39, 0.29) is 24.3 Å². The number of carbonyl (C=O) groups excluding carboxylic acids is 3. The minimum Gasteiger partial charge on any atom is -0.495 e. The number of benzene rings is 2. The van der Waals surface area contributed by atoms with E-state index < -0.39 is 0 Å². The van der Waals surface area contributed by atoms with Gasteiger partial charge in [0.1, 0.15) is 12.3 Å². The van der Waals surface area contributed by atoms with Crippen molar-refractivity contribution in [1.29, 1.82) is 0 Å². The van der Waals surface area contributed by atoms with Gasteiger partial charge in [0, 0.05) is 25.2 Å². The molecule has 0 bridgehead atoms. The molecule has 0 aliphatic heterocycles. The molecule has 0 aliphatic carbocycles. The fourth-order valence-electron chi connectivity index (χ4n) is 2.62. The molecular formula is C22H25N3O4. The van der Waals surface area contributed by atoms with Crippen LogP contribution in [0, 0.1) is 0 Å². The number of likely N-dealkylation sites (N-methyl/N-ethyl adjacent to an activating group) is 1. The number of carbonyl (C=O) groups is 3. The summed E-state index contributed by atoms with van der Waals surface area (Å²) < 4.78 is 5.21. The summed E-state index contributed by atoms with van der Waals surface area (Å²) in [6.45, 7) is 2.12. The van der Waals surface area contributed by atoms with E-state index in [4.69, 9.17) is 4.74 Å². The molecule has 0 atom stereocenters. The van der Waals surface area contributed by atoms with Crippen LogP contribution in [0.4, 0.5) is 5.69 Å². The Hall–Kier alpha value is -3.61. The Balaban J connectivity index is 1.98. The molecule has 2 N–H and O–H groups in total. The van der Waals surface area contributed by atoms with Crippen molar-refractivity contribution in [2.24, 2.45) is 0 Å². The second-order valence-electron chi connectivity index (χ2n) is 6.14. The summed E-state index contributed by atoms with van der Waals surface area (Å²) in [6.07, 6.45) is 3.06. The molecule has 0 saturated carbocycles. The molecular weight excluding hydrogens is 370 g/mol. The molecule has 2 aromatic carbocycles. The van der Waals surface area contributed by atoms with Crippen molar-refractivity contribution in [3.8, 4) is 5.75 Å². The van der Waals surface area contributed by atoms with Crippen molar-refractivity contribution in [3.05, 3.63) is 65.7 Å². The molecule has 2 rings (SSSR count). The summed E-state index contributed by atoms with van der Waals surface area (Å²) in [5.41, 5.74) is 1.87. The van der Waals surface area contributed by atoms with Gasteiger partial charge in [-0.25, -0.2) is 0 Å². The first-order valence-corrected chi connectivity index (χ1v) is 9.20. The molecule has 0 radical (unpaired) electrons. The van der Waals surface area contributed by atoms with Crippen molar-refractivity contribution in [2.75, 3.05) is 32.6 Å². The van der Waals surface area contributed by atoms with Gasteiger partial charge in [-0.2, -0.15) is 0 Å². The zero-order valence-electron chi connectivity index (χ0n) is 16.8. The highest BCUT2D eigenvalue weighted by Gasteiger charge is 2.14. The summed E-state index contributed by atoms with van der Waals surface area (Å²) >= 11 is 0. The van der Waals surface area contributed by atoms with E-state index in [9.17, 15) is 14.4 Å². The topological polar surface area (TPSA) is 87.7 Å². The third kappa shape index (κ3) is 6.21. The van der Waals surface area contributed by atoms with Crippen molar-refractivity contribution >= 4 is 29.5 Å². The summed E-state index contributed by atoms with van der Waals surface area (Å²) in [4.78, 5) is 37.8. The Kier molecular flexibility index (Phi) is 7.97. The van der Waals surface area contributed by atoms with E-state index in [1.807, 2.05) is 6.07 Å². The first kappa shape index (κ1) is 21.7. The van der Waals surface area contributed by atoms with Crippen LogP contribution in [0.25, 0.3) is 6.08 Å². The fraction of sp³-hybridized carbons (Fsp3) is 0.227. The van der Waals surface area contributed by atoms with Gasteiger partial charge in [-0.05, 0) is 42.8 Å². The second-order valence-corrected chi connectivity index (χ2v) is 6.14. The fourth-order valence-corrected chi connectivity index (χ4v) is 2.62. The largest absolute Gasteiger partial charge is 0.495 e. The van der Waals surface area contributed by atoms with Crippen LogP contribution in [0.3, 0.4) is 0 Å². The number of hydrogen-bond acceptors (Lipinski definition) is 4. The minimum atomic E-state index is -0.312. The highest BCUT2D eigenvalue weighted by molar-refractivity contribution is 5.99. The van der Waals surface area contributed by atoms with Crippen LogP contribution in [0.15, 0.2) is 54.6 Å². The molecule has 0 aromatic heterocycles. The van der Waals surface area contributed by atoms with Gasteiger partial charge in [0.25, 0.3) is 5.91 Å². The monoisotopic (exact) mass is 395 g/mol. The SMILES string of the molecule is CCN(CC(=O)Nc1ccccc1OC)C(=O)/C=C/c1ccc(C(=O)NC)cc1.